The van der Waals surface area contributed by atoms with E-state index in [0.717, 1.165) is 12.8 Å². The summed E-state index contributed by atoms with van der Waals surface area (Å²) in [7, 11) is 0. The Morgan fingerprint density at radius 2 is 2.23 bits per heavy atom. The molecule has 2 atom stereocenters. The van der Waals surface area contributed by atoms with Crippen molar-refractivity contribution in [1.29, 1.82) is 0 Å². The van der Waals surface area contributed by atoms with Gasteiger partial charge in [-0.15, -0.1) is 0 Å². The lowest BCUT2D eigenvalue weighted by Gasteiger charge is -2.16. The Morgan fingerprint density at radius 1 is 1.41 bits per heavy atom. The molecule has 0 bridgehead atoms. The molecular formula is C14H15ClF2N4O. The first-order valence-electron chi connectivity index (χ1n) is 6.97. The van der Waals surface area contributed by atoms with Crippen molar-refractivity contribution in [3.8, 4) is 11.3 Å². The van der Waals surface area contributed by atoms with Crippen LogP contribution in [0.3, 0.4) is 0 Å². The van der Waals surface area contributed by atoms with Crippen molar-refractivity contribution in [2.24, 2.45) is 0 Å². The van der Waals surface area contributed by atoms with Gasteiger partial charge >= 0.3 is 6.55 Å². The quantitative estimate of drug-likeness (QED) is 0.845. The van der Waals surface area contributed by atoms with E-state index in [0.29, 0.717) is 33.2 Å². The fourth-order valence-corrected chi connectivity index (χ4v) is 2.81. The summed E-state index contributed by atoms with van der Waals surface area (Å²) in [4.78, 5) is 4.00. The highest BCUT2D eigenvalue weighted by atomic mass is 35.5. The molecule has 2 heterocycles. The SMILES string of the molecule is O[C@@H]1CC[C@H](Nc2cc(Cl)ncc2-c2ccn(C(F)F)n2)C1. The first-order valence-corrected chi connectivity index (χ1v) is 7.34. The van der Waals surface area contributed by atoms with Gasteiger partial charge in [0.2, 0.25) is 0 Å². The van der Waals surface area contributed by atoms with Crippen molar-refractivity contribution in [1.82, 2.24) is 14.8 Å². The highest BCUT2D eigenvalue weighted by molar-refractivity contribution is 6.29. The van der Waals surface area contributed by atoms with Crippen LogP contribution in [0, 0.1) is 0 Å². The van der Waals surface area contributed by atoms with Crippen LogP contribution in [-0.2, 0) is 0 Å². The van der Waals surface area contributed by atoms with Crippen LogP contribution in [0.1, 0.15) is 25.8 Å². The van der Waals surface area contributed by atoms with E-state index >= 15 is 0 Å². The summed E-state index contributed by atoms with van der Waals surface area (Å²) in [5, 5.41) is 17.1. The number of halogens is 3. The lowest BCUT2D eigenvalue weighted by atomic mass is 10.1. The van der Waals surface area contributed by atoms with E-state index in [1.54, 1.807) is 6.07 Å². The molecule has 2 N–H and O–H groups in total. The van der Waals surface area contributed by atoms with Gasteiger partial charge in [-0.25, -0.2) is 9.67 Å². The zero-order chi connectivity index (χ0) is 15.7. The molecular weight excluding hydrogens is 314 g/mol. The predicted molar refractivity (Wildman–Crippen MR) is 79.0 cm³/mol. The molecule has 118 valence electrons. The van der Waals surface area contributed by atoms with Crippen LogP contribution < -0.4 is 5.32 Å². The molecule has 0 radical (unpaired) electrons. The number of alkyl halides is 2. The predicted octanol–water partition coefficient (Wildman–Crippen LogP) is 3.32. The molecule has 2 aromatic heterocycles. The van der Waals surface area contributed by atoms with Crippen LogP contribution in [0.2, 0.25) is 5.15 Å². The number of rotatable bonds is 4. The number of hydrogen-bond donors (Lipinski definition) is 2. The van der Waals surface area contributed by atoms with E-state index in [-0.39, 0.29) is 12.1 Å². The van der Waals surface area contributed by atoms with Crippen LogP contribution in [0.25, 0.3) is 11.3 Å². The van der Waals surface area contributed by atoms with E-state index < -0.39 is 6.55 Å². The molecule has 1 aliphatic rings. The monoisotopic (exact) mass is 328 g/mol. The molecule has 8 heteroatoms. The Balaban J connectivity index is 1.89. The summed E-state index contributed by atoms with van der Waals surface area (Å²) in [5.41, 5.74) is 1.68. The van der Waals surface area contributed by atoms with Gasteiger partial charge in [0.1, 0.15) is 5.15 Å². The Kier molecular flexibility index (Phi) is 4.26. The van der Waals surface area contributed by atoms with Crippen LogP contribution >= 0.6 is 11.6 Å². The van der Waals surface area contributed by atoms with Crippen molar-refractivity contribution in [2.45, 2.75) is 38.0 Å². The molecule has 22 heavy (non-hydrogen) atoms. The largest absolute Gasteiger partial charge is 0.393 e. The zero-order valence-corrected chi connectivity index (χ0v) is 12.3. The minimum Gasteiger partial charge on any atom is -0.393 e. The van der Waals surface area contributed by atoms with E-state index in [1.165, 1.54) is 18.5 Å². The zero-order valence-electron chi connectivity index (χ0n) is 11.6. The van der Waals surface area contributed by atoms with Crippen LogP contribution in [0.15, 0.2) is 24.5 Å². The number of aliphatic hydroxyl groups is 1. The molecule has 1 saturated carbocycles. The third-order valence-corrected chi connectivity index (χ3v) is 3.93. The summed E-state index contributed by atoms with van der Waals surface area (Å²) in [6.07, 6.45) is 4.64. The molecule has 0 aromatic carbocycles. The maximum Gasteiger partial charge on any atom is 0.333 e. The van der Waals surface area contributed by atoms with Gasteiger partial charge in [-0.2, -0.15) is 13.9 Å². The third kappa shape index (κ3) is 3.20. The fraction of sp³-hybridized carbons (Fsp3) is 0.429. The summed E-state index contributed by atoms with van der Waals surface area (Å²) < 4.78 is 25.9. The Bertz CT molecular complexity index is 664. The van der Waals surface area contributed by atoms with Gasteiger partial charge in [0, 0.05) is 29.7 Å². The average molecular weight is 329 g/mol. The van der Waals surface area contributed by atoms with Crippen LogP contribution in [0.4, 0.5) is 14.5 Å². The highest BCUT2D eigenvalue weighted by Gasteiger charge is 2.24. The molecule has 0 saturated heterocycles. The Morgan fingerprint density at radius 3 is 2.86 bits per heavy atom. The molecule has 0 spiro atoms. The number of aromatic nitrogens is 3. The van der Waals surface area contributed by atoms with Crippen LogP contribution in [0.5, 0.6) is 0 Å². The van der Waals surface area contributed by atoms with Gasteiger partial charge in [0.15, 0.2) is 0 Å². The molecule has 0 aliphatic heterocycles. The second-order valence-corrected chi connectivity index (χ2v) is 5.71. The highest BCUT2D eigenvalue weighted by Crippen LogP contribution is 2.31. The number of hydrogen-bond acceptors (Lipinski definition) is 4. The normalized spacial score (nSPS) is 21.5. The first-order chi connectivity index (χ1) is 10.5. The second-order valence-electron chi connectivity index (χ2n) is 5.32. The third-order valence-electron chi connectivity index (χ3n) is 3.72. The summed E-state index contributed by atoms with van der Waals surface area (Å²) in [5.74, 6) is 0. The molecule has 5 nitrogen and oxygen atoms in total. The maximum atomic E-state index is 12.7. The van der Waals surface area contributed by atoms with Gasteiger partial charge in [-0.05, 0) is 31.4 Å². The smallest absolute Gasteiger partial charge is 0.333 e. The molecule has 0 amide bonds. The topological polar surface area (TPSA) is 63.0 Å². The molecule has 3 rings (SSSR count). The fourth-order valence-electron chi connectivity index (χ4n) is 2.65. The lowest BCUT2D eigenvalue weighted by Crippen LogP contribution is -2.17. The minimum atomic E-state index is -2.68. The van der Waals surface area contributed by atoms with Gasteiger partial charge in [-0.3, -0.25) is 0 Å². The van der Waals surface area contributed by atoms with Crippen molar-refractivity contribution in [2.75, 3.05) is 5.32 Å². The molecule has 2 aromatic rings. The van der Waals surface area contributed by atoms with Crippen molar-refractivity contribution in [3.63, 3.8) is 0 Å². The number of nitrogens with zero attached hydrogens (tertiary/aromatic N) is 3. The molecule has 0 unspecified atom stereocenters. The van der Waals surface area contributed by atoms with Crippen molar-refractivity contribution >= 4 is 17.3 Å². The Hall–Kier alpha value is -1.73. The lowest BCUT2D eigenvalue weighted by molar-refractivity contribution is 0.0568. The second kappa shape index (κ2) is 6.18. The van der Waals surface area contributed by atoms with E-state index in [1.807, 2.05) is 0 Å². The summed E-state index contributed by atoms with van der Waals surface area (Å²) in [6, 6.07) is 3.26. The van der Waals surface area contributed by atoms with Gasteiger partial charge in [0.05, 0.1) is 11.8 Å². The average Bonchev–Trinajstić information content (AvgIpc) is 3.08. The molecule has 1 fully saturated rings. The Labute approximate surface area is 130 Å². The number of nitrogens with one attached hydrogen (secondary N) is 1. The standard InChI is InChI=1S/C14H15ClF2N4O/c15-13-6-12(19-8-1-2-9(22)5-8)10(7-18-13)11-3-4-21(20-11)14(16)17/h3-4,6-9,14,22H,1-2,5H2,(H,18,19)/t8-,9+/m0/s1. The van der Waals surface area contributed by atoms with E-state index in [4.69, 9.17) is 11.6 Å². The van der Waals surface area contributed by atoms with Crippen molar-refractivity contribution in [3.05, 3.63) is 29.7 Å². The van der Waals surface area contributed by atoms with E-state index in [9.17, 15) is 13.9 Å². The first kappa shape index (κ1) is 15.2. The van der Waals surface area contributed by atoms with Gasteiger partial charge < -0.3 is 10.4 Å². The summed E-state index contributed by atoms with van der Waals surface area (Å²) in [6.45, 7) is -2.68. The number of anilines is 1. The number of aliphatic hydroxyl groups excluding tert-OH is 1. The van der Waals surface area contributed by atoms with Gasteiger partial charge in [-0.1, -0.05) is 11.6 Å². The minimum absolute atomic E-state index is 0.115. The molecule has 1 aliphatic carbocycles. The van der Waals surface area contributed by atoms with Gasteiger partial charge in [0.25, 0.3) is 0 Å². The van der Waals surface area contributed by atoms with Crippen molar-refractivity contribution < 1.29 is 13.9 Å². The van der Waals surface area contributed by atoms with E-state index in [2.05, 4.69) is 15.4 Å². The maximum absolute atomic E-state index is 12.7. The number of pyridine rings is 1. The van der Waals surface area contributed by atoms with Crippen LogP contribution in [-0.4, -0.2) is 32.0 Å². The summed E-state index contributed by atoms with van der Waals surface area (Å²) >= 11 is 5.93.